The van der Waals surface area contributed by atoms with E-state index in [1.165, 1.54) is 10.4 Å². The molecule has 0 atom stereocenters. The smallest absolute Gasteiger partial charge is 0.251 e. The number of aromatic nitrogens is 1. The molecule has 0 unspecified atom stereocenters. The van der Waals surface area contributed by atoms with Crippen molar-refractivity contribution in [1.29, 1.82) is 0 Å². The Bertz CT molecular complexity index is 986. The molecule has 0 spiro atoms. The lowest BCUT2D eigenvalue weighted by Crippen LogP contribution is -2.37. The Balaban J connectivity index is 1.24. The zero-order valence-corrected chi connectivity index (χ0v) is 16.7. The number of carbonyl (C=O) groups excluding carboxylic acids is 2. The second kappa shape index (κ2) is 8.87. The summed E-state index contributed by atoms with van der Waals surface area (Å²) < 4.78 is 5.67. The molecule has 0 fully saturated rings. The van der Waals surface area contributed by atoms with Gasteiger partial charge in [0.15, 0.2) is 0 Å². The van der Waals surface area contributed by atoms with Crippen LogP contribution in [0.1, 0.15) is 27.2 Å². The molecule has 3 heterocycles. The Kier molecular flexibility index (Phi) is 5.86. The van der Waals surface area contributed by atoms with Crippen molar-refractivity contribution in [2.75, 3.05) is 13.1 Å². The summed E-state index contributed by atoms with van der Waals surface area (Å²) in [6, 6.07) is 12.6. The average molecular weight is 407 g/mol. The molecule has 29 heavy (non-hydrogen) atoms. The number of fused-ring (bicyclic) bond motifs is 1. The summed E-state index contributed by atoms with van der Waals surface area (Å²) in [6.45, 7) is 1.74. The third-order valence-corrected chi connectivity index (χ3v) is 5.79. The van der Waals surface area contributed by atoms with Gasteiger partial charge in [0, 0.05) is 42.7 Å². The summed E-state index contributed by atoms with van der Waals surface area (Å²) in [4.78, 5) is 32.0. The molecule has 0 bridgehead atoms. The molecule has 3 aromatic rings. The third-order valence-electron chi connectivity index (χ3n) is 4.77. The molecular formula is C22H21N3O3S. The first-order chi connectivity index (χ1) is 14.2. The molecule has 2 aromatic heterocycles. The highest BCUT2D eigenvalue weighted by Gasteiger charge is 2.21. The van der Waals surface area contributed by atoms with Crippen LogP contribution >= 0.6 is 11.3 Å². The zero-order valence-electron chi connectivity index (χ0n) is 15.8. The lowest BCUT2D eigenvalue weighted by Gasteiger charge is -2.27. The first kappa shape index (κ1) is 19.1. The van der Waals surface area contributed by atoms with Crippen LogP contribution in [0.15, 0.2) is 60.2 Å². The van der Waals surface area contributed by atoms with Crippen molar-refractivity contribution in [3.05, 3.63) is 76.2 Å². The van der Waals surface area contributed by atoms with E-state index < -0.39 is 0 Å². The Morgan fingerprint density at radius 2 is 2.00 bits per heavy atom. The van der Waals surface area contributed by atoms with E-state index in [9.17, 15) is 9.59 Å². The van der Waals surface area contributed by atoms with E-state index in [-0.39, 0.29) is 11.8 Å². The number of ether oxygens (including phenoxy) is 1. The van der Waals surface area contributed by atoms with Gasteiger partial charge in [-0.2, -0.15) is 0 Å². The summed E-state index contributed by atoms with van der Waals surface area (Å²) in [6.07, 6.45) is 4.51. The molecule has 1 aromatic carbocycles. The number of hydrogen-bond acceptors (Lipinski definition) is 5. The molecule has 1 N–H and O–H groups in total. The molecule has 0 aliphatic carbocycles. The van der Waals surface area contributed by atoms with Crippen LogP contribution in [0, 0.1) is 0 Å². The standard InChI is InChI=1S/C22H21N3O3S/c26-21(25-12-8-20-17(15-25)9-13-29-20)7-11-24-22(27)16-3-5-18(6-4-16)28-19-2-1-10-23-14-19/h1-6,9-10,13-14H,7-8,11-12,15H2,(H,24,27). The quantitative estimate of drug-likeness (QED) is 0.677. The van der Waals surface area contributed by atoms with Gasteiger partial charge in [-0.1, -0.05) is 0 Å². The fraction of sp³-hybridized carbons (Fsp3) is 0.227. The normalized spacial score (nSPS) is 12.9. The number of thiophene rings is 1. The summed E-state index contributed by atoms with van der Waals surface area (Å²) >= 11 is 1.75. The van der Waals surface area contributed by atoms with Crippen LogP contribution in [0.25, 0.3) is 0 Å². The van der Waals surface area contributed by atoms with Crippen molar-refractivity contribution < 1.29 is 14.3 Å². The maximum absolute atomic E-state index is 12.4. The van der Waals surface area contributed by atoms with Gasteiger partial charge in [-0.15, -0.1) is 11.3 Å². The van der Waals surface area contributed by atoms with Crippen molar-refractivity contribution in [3.8, 4) is 11.5 Å². The van der Waals surface area contributed by atoms with Crippen molar-refractivity contribution in [3.63, 3.8) is 0 Å². The maximum atomic E-state index is 12.4. The highest BCUT2D eigenvalue weighted by Crippen LogP contribution is 2.24. The van der Waals surface area contributed by atoms with Gasteiger partial charge in [0.2, 0.25) is 5.91 Å². The zero-order chi connectivity index (χ0) is 20.1. The van der Waals surface area contributed by atoms with Gasteiger partial charge in [-0.3, -0.25) is 14.6 Å². The Morgan fingerprint density at radius 3 is 2.79 bits per heavy atom. The molecule has 1 aliphatic heterocycles. The second-order valence-electron chi connectivity index (χ2n) is 6.76. The maximum Gasteiger partial charge on any atom is 0.251 e. The molecular weight excluding hydrogens is 386 g/mol. The summed E-state index contributed by atoms with van der Waals surface area (Å²) in [5.74, 6) is 1.13. The van der Waals surface area contributed by atoms with Crippen molar-refractivity contribution in [2.45, 2.75) is 19.4 Å². The molecule has 4 rings (SSSR count). The predicted octanol–water partition coefficient (Wildman–Crippen LogP) is 3.64. The summed E-state index contributed by atoms with van der Waals surface area (Å²) in [7, 11) is 0. The number of nitrogens with one attached hydrogen (secondary N) is 1. The number of hydrogen-bond donors (Lipinski definition) is 1. The molecule has 6 nitrogen and oxygen atoms in total. The van der Waals surface area contributed by atoms with Crippen molar-refractivity contribution in [2.24, 2.45) is 0 Å². The van der Waals surface area contributed by atoms with Crippen LogP contribution in [-0.2, 0) is 17.8 Å². The van der Waals surface area contributed by atoms with E-state index in [0.29, 0.717) is 36.6 Å². The van der Waals surface area contributed by atoms with Gasteiger partial charge in [0.1, 0.15) is 11.5 Å². The van der Waals surface area contributed by atoms with Gasteiger partial charge in [0.05, 0.1) is 6.20 Å². The summed E-state index contributed by atoms with van der Waals surface area (Å²) in [5, 5.41) is 4.89. The highest BCUT2D eigenvalue weighted by molar-refractivity contribution is 7.10. The lowest BCUT2D eigenvalue weighted by molar-refractivity contribution is -0.131. The largest absolute Gasteiger partial charge is 0.456 e. The van der Waals surface area contributed by atoms with Gasteiger partial charge >= 0.3 is 0 Å². The van der Waals surface area contributed by atoms with Crippen LogP contribution in [-0.4, -0.2) is 34.8 Å². The predicted molar refractivity (Wildman–Crippen MR) is 111 cm³/mol. The number of benzene rings is 1. The highest BCUT2D eigenvalue weighted by atomic mass is 32.1. The van der Waals surface area contributed by atoms with E-state index in [4.69, 9.17) is 4.74 Å². The van der Waals surface area contributed by atoms with Crippen LogP contribution in [0.5, 0.6) is 11.5 Å². The number of nitrogens with zero attached hydrogens (tertiary/aromatic N) is 2. The molecule has 0 radical (unpaired) electrons. The monoisotopic (exact) mass is 407 g/mol. The first-order valence-electron chi connectivity index (χ1n) is 9.48. The van der Waals surface area contributed by atoms with Crippen LogP contribution in [0.4, 0.5) is 0 Å². The number of amides is 2. The van der Waals surface area contributed by atoms with E-state index in [1.54, 1.807) is 54.1 Å². The van der Waals surface area contributed by atoms with Crippen LogP contribution < -0.4 is 10.1 Å². The van der Waals surface area contributed by atoms with E-state index >= 15 is 0 Å². The average Bonchev–Trinajstić information content (AvgIpc) is 3.23. The lowest BCUT2D eigenvalue weighted by atomic mass is 10.1. The van der Waals surface area contributed by atoms with Gasteiger partial charge < -0.3 is 15.0 Å². The van der Waals surface area contributed by atoms with Crippen molar-refractivity contribution in [1.82, 2.24) is 15.2 Å². The number of rotatable bonds is 6. The van der Waals surface area contributed by atoms with Crippen LogP contribution in [0.3, 0.4) is 0 Å². The topological polar surface area (TPSA) is 71.5 Å². The summed E-state index contributed by atoms with van der Waals surface area (Å²) in [5.41, 5.74) is 1.77. The minimum absolute atomic E-state index is 0.0716. The Labute approximate surface area is 173 Å². The molecule has 1 aliphatic rings. The number of pyridine rings is 1. The third kappa shape index (κ3) is 4.81. The van der Waals surface area contributed by atoms with Crippen molar-refractivity contribution >= 4 is 23.2 Å². The molecule has 2 amide bonds. The Morgan fingerprint density at radius 1 is 1.14 bits per heavy atom. The minimum atomic E-state index is -0.204. The SMILES string of the molecule is O=C(NCCC(=O)N1CCc2sccc2C1)c1ccc(Oc2cccnc2)cc1. The first-order valence-corrected chi connectivity index (χ1v) is 10.4. The van der Waals surface area contributed by atoms with E-state index in [1.807, 2.05) is 11.0 Å². The molecule has 148 valence electrons. The van der Waals surface area contributed by atoms with E-state index in [2.05, 4.69) is 21.7 Å². The van der Waals surface area contributed by atoms with E-state index in [0.717, 1.165) is 13.0 Å². The van der Waals surface area contributed by atoms with Crippen LogP contribution in [0.2, 0.25) is 0 Å². The molecule has 0 saturated carbocycles. The van der Waals surface area contributed by atoms with Gasteiger partial charge in [-0.05, 0) is 59.8 Å². The fourth-order valence-corrected chi connectivity index (χ4v) is 4.11. The molecule has 0 saturated heterocycles. The number of carbonyl (C=O) groups is 2. The Hall–Kier alpha value is -3.19. The molecule has 7 heteroatoms. The fourth-order valence-electron chi connectivity index (χ4n) is 3.22. The minimum Gasteiger partial charge on any atom is -0.456 e. The second-order valence-corrected chi connectivity index (χ2v) is 7.76. The van der Waals surface area contributed by atoms with Gasteiger partial charge in [-0.25, -0.2) is 0 Å². The van der Waals surface area contributed by atoms with Gasteiger partial charge in [0.25, 0.3) is 5.91 Å².